The van der Waals surface area contributed by atoms with Crippen LogP contribution in [0.3, 0.4) is 0 Å². The van der Waals surface area contributed by atoms with Gasteiger partial charge >= 0.3 is 0 Å². The number of halogens is 4. The number of ether oxygens (including phenoxy) is 1. The molecule has 1 saturated heterocycles. The van der Waals surface area contributed by atoms with E-state index in [0.29, 0.717) is 6.61 Å². The quantitative estimate of drug-likeness (QED) is 0.224. The predicted octanol–water partition coefficient (Wildman–Crippen LogP) is 7.63. The molecule has 0 bridgehead atoms. The monoisotopic (exact) mass is 611 g/mol. The number of aromatic nitrogens is 1. The molecular formula is C29H33Cl4N3OS. The number of thiazole rings is 1. The average Bonchev–Trinajstić information content (AvgIpc) is 3.34. The van der Waals surface area contributed by atoms with E-state index in [1.54, 1.807) is 11.3 Å². The third-order valence-corrected chi connectivity index (χ3v) is 8.89. The van der Waals surface area contributed by atoms with E-state index in [0.717, 1.165) is 67.8 Å². The zero-order valence-corrected chi connectivity index (χ0v) is 25.1. The number of hydrogen-bond acceptors (Lipinski definition) is 5. The van der Waals surface area contributed by atoms with Gasteiger partial charge in [-0.05, 0) is 60.3 Å². The van der Waals surface area contributed by atoms with Crippen molar-refractivity contribution in [1.82, 2.24) is 9.88 Å². The summed E-state index contributed by atoms with van der Waals surface area (Å²) in [5, 5.41) is 1.93. The predicted molar refractivity (Wildman–Crippen MR) is 168 cm³/mol. The molecule has 204 valence electrons. The van der Waals surface area contributed by atoms with Gasteiger partial charge < -0.3 is 9.64 Å². The van der Waals surface area contributed by atoms with Crippen molar-refractivity contribution in [2.75, 3.05) is 44.2 Å². The lowest BCUT2D eigenvalue weighted by Crippen LogP contribution is -2.47. The van der Waals surface area contributed by atoms with Crippen molar-refractivity contribution >= 4 is 75.5 Å². The molecule has 0 saturated carbocycles. The lowest BCUT2D eigenvalue weighted by Gasteiger charge is -2.41. The Bertz CT molecular complexity index is 1280. The number of benzene rings is 3. The number of fused-ring (bicyclic) bond motifs is 2. The van der Waals surface area contributed by atoms with Gasteiger partial charge in [0, 0.05) is 36.6 Å². The van der Waals surface area contributed by atoms with Gasteiger partial charge in [-0.15, -0.1) is 37.2 Å². The second kappa shape index (κ2) is 13.7. The molecule has 2 aliphatic rings. The fourth-order valence-corrected chi connectivity index (χ4v) is 6.79. The van der Waals surface area contributed by atoms with E-state index in [-0.39, 0.29) is 42.6 Å². The van der Waals surface area contributed by atoms with E-state index in [1.807, 2.05) is 12.1 Å². The van der Waals surface area contributed by atoms with Crippen LogP contribution in [0.25, 0.3) is 10.2 Å². The SMILES string of the molecule is Cl.Cl.Cl.Clc1ccc(C2(CCCN3CCN(c4nc5ccccc5s4)CC3)COCc3ccccc32)cc1. The third kappa shape index (κ3) is 6.26. The molecule has 1 aromatic heterocycles. The van der Waals surface area contributed by atoms with Crippen LogP contribution >= 0.6 is 60.2 Å². The van der Waals surface area contributed by atoms with Crippen LogP contribution in [0, 0.1) is 0 Å². The molecule has 2 aliphatic heterocycles. The Morgan fingerprint density at radius 1 is 0.868 bits per heavy atom. The van der Waals surface area contributed by atoms with Crippen LogP contribution in [0.1, 0.15) is 29.5 Å². The number of para-hydroxylation sites is 1. The van der Waals surface area contributed by atoms with Crippen molar-refractivity contribution in [2.45, 2.75) is 24.9 Å². The van der Waals surface area contributed by atoms with Crippen molar-refractivity contribution in [3.63, 3.8) is 0 Å². The van der Waals surface area contributed by atoms with Gasteiger partial charge in [-0.3, -0.25) is 4.90 Å². The van der Waals surface area contributed by atoms with Crippen molar-refractivity contribution in [3.05, 3.63) is 94.5 Å². The Kier molecular flexibility index (Phi) is 11.1. The lowest BCUT2D eigenvalue weighted by molar-refractivity contribution is 0.0599. The largest absolute Gasteiger partial charge is 0.375 e. The standard InChI is InChI=1S/C29H30ClN3OS.3ClH/c30-24-12-10-23(11-13-24)29(21-34-20-22-6-1-2-7-25(22)29)14-5-15-32-16-18-33(19-17-32)28-31-26-8-3-4-9-27(26)35-28;;;/h1-4,6-13H,5,14-21H2;3*1H. The number of hydrogen-bond donors (Lipinski definition) is 0. The summed E-state index contributed by atoms with van der Waals surface area (Å²) >= 11 is 8.04. The minimum atomic E-state index is -0.123. The first-order chi connectivity index (χ1) is 17.2. The molecule has 3 heterocycles. The summed E-state index contributed by atoms with van der Waals surface area (Å²) in [6.07, 6.45) is 2.19. The smallest absolute Gasteiger partial charge is 0.186 e. The van der Waals surface area contributed by atoms with Crippen molar-refractivity contribution in [1.29, 1.82) is 0 Å². The molecule has 38 heavy (non-hydrogen) atoms. The van der Waals surface area contributed by atoms with Gasteiger partial charge in [-0.1, -0.05) is 71.5 Å². The lowest BCUT2D eigenvalue weighted by atomic mass is 9.69. The Balaban J connectivity index is 0.00000133. The summed E-state index contributed by atoms with van der Waals surface area (Å²) in [6, 6.07) is 25.6. The summed E-state index contributed by atoms with van der Waals surface area (Å²) in [5.74, 6) is 0. The van der Waals surface area contributed by atoms with Gasteiger partial charge in [0.15, 0.2) is 5.13 Å². The van der Waals surface area contributed by atoms with Gasteiger partial charge in [0.05, 0.1) is 23.4 Å². The molecule has 0 amide bonds. The van der Waals surface area contributed by atoms with Crippen LogP contribution in [-0.2, 0) is 16.8 Å². The summed E-state index contributed by atoms with van der Waals surface area (Å²) in [5.41, 5.74) is 5.00. The number of anilines is 1. The molecule has 3 aromatic carbocycles. The molecule has 0 aliphatic carbocycles. The highest BCUT2D eigenvalue weighted by molar-refractivity contribution is 7.22. The molecule has 0 N–H and O–H groups in total. The second-order valence-corrected chi connectivity index (χ2v) is 11.1. The van der Waals surface area contributed by atoms with E-state index in [9.17, 15) is 0 Å². The Labute approximate surface area is 252 Å². The molecule has 1 atom stereocenters. The van der Waals surface area contributed by atoms with Crippen molar-refractivity contribution in [3.8, 4) is 0 Å². The molecule has 9 heteroatoms. The molecule has 0 radical (unpaired) electrons. The average molecular weight is 613 g/mol. The topological polar surface area (TPSA) is 28.6 Å². The van der Waals surface area contributed by atoms with Crippen molar-refractivity contribution < 1.29 is 4.74 Å². The molecule has 6 rings (SSSR count). The third-order valence-electron chi connectivity index (χ3n) is 7.54. The first-order valence-corrected chi connectivity index (χ1v) is 13.7. The number of piperazine rings is 1. The number of nitrogens with zero attached hydrogens (tertiary/aromatic N) is 3. The van der Waals surface area contributed by atoms with Crippen LogP contribution < -0.4 is 4.90 Å². The molecule has 4 nitrogen and oxygen atoms in total. The first kappa shape index (κ1) is 31.0. The normalized spacial score (nSPS) is 19.1. The van der Waals surface area contributed by atoms with Crippen LogP contribution in [0.2, 0.25) is 5.02 Å². The highest BCUT2D eigenvalue weighted by atomic mass is 35.5. The summed E-state index contributed by atoms with van der Waals surface area (Å²) in [7, 11) is 0. The fourth-order valence-electron chi connectivity index (χ4n) is 5.65. The molecule has 4 aromatic rings. The minimum Gasteiger partial charge on any atom is -0.375 e. The van der Waals surface area contributed by atoms with Crippen LogP contribution in [-0.4, -0.2) is 49.2 Å². The van der Waals surface area contributed by atoms with Crippen LogP contribution in [0.4, 0.5) is 5.13 Å². The molecular weight excluding hydrogens is 580 g/mol. The van der Waals surface area contributed by atoms with E-state index in [1.165, 1.54) is 21.4 Å². The van der Waals surface area contributed by atoms with Gasteiger partial charge in [0.1, 0.15) is 0 Å². The Morgan fingerprint density at radius 2 is 1.58 bits per heavy atom. The highest BCUT2D eigenvalue weighted by Gasteiger charge is 2.38. The maximum atomic E-state index is 6.24. The van der Waals surface area contributed by atoms with E-state index in [4.69, 9.17) is 21.3 Å². The maximum Gasteiger partial charge on any atom is 0.186 e. The highest BCUT2D eigenvalue weighted by Crippen LogP contribution is 2.42. The summed E-state index contributed by atoms with van der Waals surface area (Å²) in [6.45, 7) is 6.75. The zero-order chi connectivity index (χ0) is 23.7. The summed E-state index contributed by atoms with van der Waals surface area (Å²) in [4.78, 5) is 9.91. The molecule has 1 unspecified atom stereocenters. The van der Waals surface area contributed by atoms with Crippen LogP contribution in [0.5, 0.6) is 0 Å². The van der Waals surface area contributed by atoms with E-state index < -0.39 is 0 Å². The Hall–Kier alpha value is -1.57. The maximum absolute atomic E-state index is 6.24. The van der Waals surface area contributed by atoms with Crippen molar-refractivity contribution in [2.24, 2.45) is 0 Å². The van der Waals surface area contributed by atoms with Gasteiger partial charge in [-0.25, -0.2) is 4.98 Å². The van der Waals surface area contributed by atoms with Gasteiger partial charge in [0.2, 0.25) is 0 Å². The second-order valence-electron chi connectivity index (χ2n) is 9.64. The van der Waals surface area contributed by atoms with E-state index >= 15 is 0 Å². The van der Waals surface area contributed by atoms with Gasteiger partial charge in [-0.2, -0.15) is 0 Å². The minimum absolute atomic E-state index is 0. The molecule has 0 spiro atoms. The molecule has 1 fully saturated rings. The number of rotatable bonds is 6. The fraction of sp³-hybridized carbons (Fsp3) is 0.345. The van der Waals surface area contributed by atoms with Crippen LogP contribution in [0.15, 0.2) is 72.8 Å². The summed E-state index contributed by atoms with van der Waals surface area (Å²) < 4.78 is 7.44. The van der Waals surface area contributed by atoms with E-state index in [2.05, 4.69) is 70.5 Å². The van der Waals surface area contributed by atoms with Gasteiger partial charge in [0.25, 0.3) is 0 Å². The zero-order valence-electron chi connectivity index (χ0n) is 21.1. The Morgan fingerprint density at radius 3 is 2.34 bits per heavy atom. The first-order valence-electron chi connectivity index (χ1n) is 12.5.